The number of pyridine rings is 1. The molecule has 0 radical (unpaired) electrons. The SMILES string of the molecule is [2H]c1c(C([2H])([2H])C(C)(C)C)c([2H])c(-c2c(C)ccc3c2oc2ccc([N+]#[C-])cc23)[n+](C)c1C. The Morgan fingerprint density at radius 2 is 1.90 bits per heavy atom. The van der Waals surface area contributed by atoms with Crippen molar-refractivity contribution in [2.45, 2.75) is 41.0 Å². The molecule has 0 aliphatic rings. The summed E-state index contributed by atoms with van der Waals surface area (Å²) in [6.45, 7) is 16.4. The van der Waals surface area contributed by atoms with Crippen molar-refractivity contribution in [3.05, 3.63) is 70.7 Å². The second-order valence-corrected chi connectivity index (χ2v) is 8.52. The number of hydrogen-bond acceptors (Lipinski definition) is 1. The summed E-state index contributed by atoms with van der Waals surface area (Å²) in [5, 5.41) is 1.66. The molecular weight excluding hydrogens is 356 g/mol. The lowest BCUT2D eigenvalue weighted by molar-refractivity contribution is -0.666. The summed E-state index contributed by atoms with van der Waals surface area (Å²) in [5.74, 6) is 0. The minimum atomic E-state index is -1.89. The van der Waals surface area contributed by atoms with E-state index in [1.165, 1.54) is 0 Å². The van der Waals surface area contributed by atoms with Gasteiger partial charge < -0.3 is 4.42 Å². The Morgan fingerprint density at radius 1 is 1.14 bits per heavy atom. The molecule has 29 heavy (non-hydrogen) atoms. The minimum absolute atomic E-state index is 0.00840. The van der Waals surface area contributed by atoms with Crippen molar-refractivity contribution >= 4 is 27.6 Å². The Labute approximate surface area is 178 Å². The molecule has 2 aromatic heterocycles. The monoisotopic (exact) mass is 387 g/mol. The van der Waals surface area contributed by atoms with E-state index in [1.54, 1.807) is 57.5 Å². The van der Waals surface area contributed by atoms with Gasteiger partial charge in [-0.1, -0.05) is 39.0 Å². The van der Waals surface area contributed by atoms with Crippen LogP contribution in [-0.2, 0) is 13.4 Å². The molecule has 0 fully saturated rings. The van der Waals surface area contributed by atoms with Gasteiger partial charge in [0.05, 0.1) is 14.9 Å². The number of aryl methyl sites for hydroxylation is 1. The fourth-order valence-electron chi connectivity index (χ4n) is 3.62. The summed E-state index contributed by atoms with van der Waals surface area (Å²) in [5.41, 5.74) is 3.72. The molecule has 0 atom stereocenters. The van der Waals surface area contributed by atoms with Gasteiger partial charge in [0, 0.05) is 32.5 Å². The molecule has 2 heterocycles. The van der Waals surface area contributed by atoms with Crippen LogP contribution >= 0.6 is 0 Å². The molecule has 0 aliphatic carbocycles. The first-order valence-electron chi connectivity index (χ1n) is 11.6. The second kappa shape index (κ2) is 6.74. The number of furan rings is 1. The Balaban J connectivity index is 2.17. The van der Waals surface area contributed by atoms with Crippen LogP contribution < -0.4 is 4.57 Å². The van der Waals surface area contributed by atoms with E-state index in [2.05, 4.69) is 4.85 Å². The van der Waals surface area contributed by atoms with Gasteiger partial charge in [0.1, 0.15) is 18.2 Å². The van der Waals surface area contributed by atoms with E-state index in [-0.39, 0.29) is 17.6 Å². The Morgan fingerprint density at radius 3 is 2.59 bits per heavy atom. The van der Waals surface area contributed by atoms with E-state index in [9.17, 15) is 0 Å². The molecule has 0 aliphatic heterocycles. The Bertz CT molecular complexity index is 1490. The molecule has 0 saturated heterocycles. The minimum Gasteiger partial charge on any atom is -0.455 e. The number of rotatable bonds is 2. The molecule has 4 rings (SSSR count). The van der Waals surface area contributed by atoms with Gasteiger partial charge in [0.15, 0.2) is 11.4 Å². The van der Waals surface area contributed by atoms with E-state index in [0.29, 0.717) is 33.8 Å². The average Bonchev–Trinajstić information content (AvgIpc) is 3.10. The first kappa shape index (κ1) is 14.8. The van der Waals surface area contributed by atoms with Gasteiger partial charge in [-0.2, -0.15) is 4.57 Å². The van der Waals surface area contributed by atoms with Crippen molar-refractivity contribution < 1.29 is 14.5 Å². The van der Waals surface area contributed by atoms with E-state index in [1.807, 2.05) is 19.1 Å². The zero-order valence-corrected chi connectivity index (χ0v) is 17.7. The standard InChI is InChI=1S/C26H27N2O/c1-16-8-10-20-21-14-19(27-6)9-11-23(21)29-25(20)24(16)22-13-18(15-26(3,4)5)12-17(2)28(22)7/h8-14H,15H2,1-5,7H3/q+1/i12D,13D,15D2. The largest absolute Gasteiger partial charge is 0.455 e. The normalized spacial score (nSPS) is 14.4. The van der Waals surface area contributed by atoms with Gasteiger partial charge in [0.2, 0.25) is 5.69 Å². The number of fused-ring (bicyclic) bond motifs is 3. The smallest absolute Gasteiger partial charge is 0.216 e. The lowest BCUT2D eigenvalue weighted by Gasteiger charge is -2.18. The summed E-state index contributed by atoms with van der Waals surface area (Å²) in [4.78, 5) is 3.53. The molecule has 3 nitrogen and oxygen atoms in total. The molecule has 0 N–H and O–H groups in total. The highest BCUT2D eigenvalue weighted by Gasteiger charge is 2.24. The predicted octanol–water partition coefficient (Wildman–Crippen LogP) is 6.83. The van der Waals surface area contributed by atoms with Crippen LogP contribution in [0.5, 0.6) is 0 Å². The van der Waals surface area contributed by atoms with Gasteiger partial charge in [-0.25, -0.2) is 4.85 Å². The lowest BCUT2D eigenvalue weighted by Crippen LogP contribution is -2.35. The van der Waals surface area contributed by atoms with Crippen molar-refractivity contribution in [3.8, 4) is 11.3 Å². The molecule has 2 aromatic carbocycles. The third-order valence-electron chi connectivity index (χ3n) is 5.09. The number of nitrogens with zero attached hydrogens (tertiary/aromatic N) is 2. The maximum atomic E-state index is 9.11. The van der Waals surface area contributed by atoms with Crippen molar-refractivity contribution in [1.29, 1.82) is 0 Å². The lowest BCUT2D eigenvalue weighted by atomic mass is 9.87. The summed E-state index contributed by atoms with van der Waals surface area (Å²) >= 11 is 0. The third kappa shape index (κ3) is 3.40. The number of benzene rings is 2. The molecule has 0 amide bonds. The van der Waals surface area contributed by atoms with Crippen LogP contribution in [-0.4, -0.2) is 0 Å². The Kier molecular flexibility index (Phi) is 3.44. The molecule has 0 bridgehead atoms. The highest BCUT2D eigenvalue weighted by molar-refractivity contribution is 6.10. The molecule has 4 aromatic rings. The van der Waals surface area contributed by atoms with Crippen LogP contribution in [0.25, 0.3) is 38.0 Å². The van der Waals surface area contributed by atoms with Gasteiger partial charge in [-0.3, -0.25) is 0 Å². The Hall–Kier alpha value is -3.12. The molecule has 0 saturated carbocycles. The maximum absolute atomic E-state index is 9.11. The van der Waals surface area contributed by atoms with Crippen molar-refractivity contribution in [2.24, 2.45) is 12.5 Å². The van der Waals surface area contributed by atoms with Crippen LogP contribution in [0.3, 0.4) is 0 Å². The summed E-state index contributed by atoms with van der Waals surface area (Å²) < 4.78 is 43.5. The number of hydrogen-bond donors (Lipinski definition) is 0. The molecular formula is C26H27N2O+. The molecule has 146 valence electrons. The summed E-state index contributed by atoms with van der Waals surface area (Å²) in [6, 6.07) is 9.25. The molecule has 0 spiro atoms. The summed E-state index contributed by atoms with van der Waals surface area (Å²) in [7, 11) is 1.80. The van der Waals surface area contributed by atoms with E-state index >= 15 is 0 Å². The highest BCUT2D eigenvalue weighted by Crippen LogP contribution is 2.38. The van der Waals surface area contributed by atoms with Crippen LogP contribution in [0.4, 0.5) is 5.69 Å². The fraction of sp³-hybridized carbons (Fsp3) is 0.308. The van der Waals surface area contributed by atoms with Crippen molar-refractivity contribution in [3.63, 3.8) is 0 Å². The second-order valence-electron chi connectivity index (χ2n) is 8.52. The maximum Gasteiger partial charge on any atom is 0.216 e. The quantitative estimate of drug-likeness (QED) is 0.273. The first-order valence-corrected chi connectivity index (χ1v) is 9.65. The highest BCUT2D eigenvalue weighted by atomic mass is 16.3. The van der Waals surface area contributed by atoms with Crippen molar-refractivity contribution in [2.75, 3.05) is 0 Å². The van der Waals surface area contributed by atoms with Crippen LogP contribution in [0, 0.1) is 25.8 Å². The van der Waals surface area contributed by atoms with Gasteiger partial charge in [0.25, 0.3) is 0 Å². The van der Waals surface area contributed by atoms with E-state index in [4.69, 9.17) is 16.5 Å². The van der Waals surface area contributed by atoms with Crippen LogP contribution in [0.2, 0.25) is 0 Å². The van der Waals surface area contributed by atoms with E-state index in [0.717, 1.165) is 16.3 Å². The summed E-state index contributed by atoms with van der Waals surface area (Å²) in [6.07, 6.45) is -1.89. The first-order chi connectivity index (χ1) is 15.3. The molecule has 0 unspecified atom stereocenters. The van der Waals surface area contributed by atoms with Gasteiger partial charge >= 0.3 is 0 Å². The third-order valence-corrected chi connectivity index (χ3v) is 5.09. The van der Waals surface area contributed by atoms with E-state index < -0.39 is 11.8 Å². The average molecular weight is 388 g/mol. The topological polar surface area (TPSA) is 21.4 Å². The number of aromatic nitrogens is 1. The van der Waals surface area contributed by atoms with Gasteiger partial charge in [-0.05, 0) is 42.0 Å². The molecule has 3 heteroatoms. The van der Waals surface area contributed by atoms with Gasteiger partial charge in [-0.15, -0.1) is 0 Å². The zero-order valence-electron chi connectivity index (χ0n) is 21.7. The predicted molar refractivity (Wildman–Crippen MR) is 119 cm³/mol. The zero-order chi connectivity index (χ0) is 24.5. The van der Waals surface area contributed by atoms with Crippen LogP contribution in [0.1, 0.15) is 43.1 Å². The van der Waals surface area contributed by atoms with Crippen molar-refractivity contribution in [1.82, 2.24) is 0 Å². The fourth-order valence-corrected chi connectivity index (χ4v) is 3.62. The van der Waals surface area contributed by atoms with Crippen LogP contribution in [0.15, 0.2) is 46.8 Å².